The van der Waals surface area contributed by atoms with Crippen LogP contribution in [0.25, 0.3) is 5.69 Å². The first kappa shape index (κ1) is 19.9. The van der Waals surface area contributed by atoms with Crippen LogP contribution >= 0.6 is 11.8 Å². The van der Waals surface area contributed by atoms with E-state index in [4.69, 9.17) is 4.74 Å². The van der Waals surface area contributed by atoms with Gasteiger partial charge in [0.2, 0.25) is 11.1 Å². The standard InChI is InChI=1S/C20H23N5O2S/c1-13-5-8-17(11-14(13)2)25-20(22-23-24-25)28-15(3)19(26)21-12-16-6-9-18(27-4)10-7-16/h5-11,15H,12H2,1-4H3,(H,21,26)/t15-/m1/s1. The number of nitrogens with one attached hydrogen (secondary N) is 1. The summed E-state index contributed by atoms with van der Waals surface area (Å²) < 4.78 is 6.80. The van der Waals surface area contributed by atoms with Gasteiger partial charge in [-0.15, -0.1) is 5.10 Å². The molecule has 3 rings (SSSR count). The number of aromatic nitrogens is 4. The molecular formula is C20H23N5O2S. The molecule has 0 saturated heterocycles. The predicted molar refractivity (Wildman–Crippen MR) is 109 cm³/mol. The van der Waals surface area contributed by atoms with Gasteiger partial charge in [0.1, 0.15) is 5.75 Å². The van der Waals surface area contributed by atoms with Crippen LogP contribution in [0.4, 0.5) is 0 Å². The third kappa shape index (κ3) is 4.69. The van der Waals surface area contributed by atoms with E-state index in [1.54, 1.807) is 11.8 Å². The van der Waals surface area contributed by atoms with Crippen LogP contribution in [0, 0.1) is 13.8 Å². The van der Waals surface area contributed by atoms with Gasteiger partial charge in [-0.05, 0) is 72.2 Å². The fraction of sp³-hybridized carbons (Fsp3) is 0.300. The number of benzene rings is 2. The van der Waals surface area contributed by atoms with Crippen LogP contribution in [0.2, 0.25) is 0 Å². The Hall–Kier alpha value is -2.87. The Labute approximate surface area is 168 Å². The molecule has 8 heteroatoms. The minimum atomic E-state index is -0.338. The molecule has 7 nitrogen and oxygen atoms in total. The molecular weight excluding hydrogens is 374 g/mol. The highest BCUT2D eigenvalue weighted by molar-refractivity contribution is 8.00. The van der Waals surface area contributed by atoms with E-state index in [0.717, 1.165) is 22.6 Å². The van der Waals surface area contributed by atoms with E-state index in [0.29, 0.717) is 11.7 Å². The molecule has 1 amide bonds. The number of carbonyl (C=O) groups is 1. The lowest BCUT2D eigenvalue weighted by atomic mass is 10.1. The van der Waals surface area contributed by atoms with E-state index in [1.165, 1.54) is 17.3 Å². The summed E-state index contributed by atoms with van der Waals surface area (Å²) in [6, 6.07) is 13.6. The van der Waals surface area contributed by atoms with E-state index >= 15 is 0 Å². The van der Waals surface area contributed by atoms with Gasteiger partial charge in [0, 0.05) is 6.54 Å². The maximum Gasteiger partial charge on any atom is 0.233 e. The molecule has 1 N–H and O–H groups in total. The first-order valence-electron chi connectivity index (χ1n) is 8.91. The Balaban J connectivity index is 1.62. The summed E-state index contributed by atoms with van der Waals surface area (Å²) in [5.41, 5.74) is 4.25. The van der Waals surface area contributed by atoms with Crippen molar-refractivity contribution in [2.24, 2.45) is 0 Å². The molecule has 0 bridgehead atoms. The number of carbonyl (C=O) groups excluding carboxylic acids is 1. The van der Waals surface area contributed by atoms with Crippen molar-refractivity contribution in [3.05, 3.63) is 59.2 Å². The van der Waals surface area contributed by atoms with Gasteiger partial charge in [0.05, 0.1) is 18.0 Å². The first-order valence-corrected chi connectivity index (χ1v) is 9.79. The number of hydrogen-bond acceptors (Lipinski definition) is 6. The largest absolute Gasteiger partial charge is 0.497 e. The minimum Gasteiger partial charge on any atom is -0.497 e. The number of amides is 1. The van der Waals surface area contributed by atoms with Crippen molar-refractivity contribution >= 4 is 17.7 Å². The average molecular weight is 398 g/mol. The summed E-state index contributed by atoms with van der Waals surface area (Å²) in [6.07, 6.45) is 0. The van der Waals surface area contributed by atoms with Crippen molar-refractivity contribution < 1.29 is 9.53 Å². The molecule has 0 aliphatic carbocycles. The summed E-state index contributed by atoms with van der Waals surface area (Å²) in [5, 5.41) is 15.1. The zero-order valence-electron chi connectivity index (χ0n) is 16.3. The molecule has 0 aliphatic rings. The van der Waals surface area contributed by atoms with Crippen molar-refractivity contribution in [2.75, 3.05) is 7.11 Å². The molecule has 0 saturated carbocycles. The highest BCUT2D eigenvalue weighted by Crippen LogP contribution is 2.24. The maximum atomic E-state index is 12.5. The molecule has 1 atom stereocenters. The molecule has 0 aliphatic heterocycles. The Morgan fingerprint density at radius 1 is 1.18 bits per heavy atom. The van der Waals surface area contributed by atoms with Crippen molar-refractivity contribution in [1.29, 1.82) is 0 Å². The Morgan fingerprint density at radius 2 is 1.93 bits per heavy atom. The molecule has 146 valence electrons. The van der Waals surface area contributed by atoms with E-state index < -0.39 is 0 Å². The maximum absolute atomic E-state index is 12.5. The van der Waals surface area contributed by atoms with Crippen molar-refractivity contribution in [1.82, 2.24) is 25.5 Å². The van der Waals surface area contributed by atoms with E-state index in [1.807, 2.05) is 56.3 Å². The fourth-order valence-electron chi connectivity index (χ4n) is 2.56. The highest BCUT2D eigenvalue weighted by Gasteiger charge is 2.19. The van der Waals surface area contributed by atoms with Crippen LogP contribution in [-0.2, 0) is 11.3 Å². The summed E-state index contributed by atoms with van der Waals surface area (Å²) >= 11 is 1.33. The number of nitrogens with zero attached hydrogens (tertiary/aromatic N) is 4. The molecule has 0 unspecified atom stereocenters. The van der Waals surface area contributed by atoms with Crippen LogP contribution in [0.15, 0.2) is 47.6 Å². The monoisotopic (exact) mass is 397 g/mol. The summed E-state index contributed by atoms with van der Waals surface area (Å²) in [4.78, 5) is 12.5. The lowest BCUT2D eigenvalue weighted by Crippen LogP contribution is -2.30. The SMILES string of the molecule is COc1ccc(CNC(=O)[C@@H](C)Sc2nnnn2-c2ccc(C)c(C)c2)cc1. The predicted octanol–water partition coefficient (Wildman–Crippen LogP) is 3.08. The van der Waals surface area contributed by atoms with Crippen LogP contribution in [-0.4, -0.2) is 38.5 Å². The number of rotatable bonds is 7. The number of ether oxygens (including phenoxy) is 1. The van der Waals surface area contributed by atoms with E-state index in [-0.39, 0.29) is 11.2 Å². The lowest BCUT2D eigenvalue weighted by Gasteiger charge is -2.12. The van der Waals surface area contributed by atoms with E-state index in [2.05, 4.69) is 27.8 Å². The smallest absolute Gasteiger partial charge is 0.233 e. The van der Waals surface area contributed by atoms with Gasteiger partial charge in [-0.3, -0.25) is 4.79 Å². The van der Waals surface area contributed by atoms with Gasteiger partial charge in [-0.1, -0.05) is 30.0 Å². The van der Waals surface area contributed by atoms with Crippen molar-refractivity contribution in [2.45, 2.75) is 37.7 Å². The second-order valence-corrected chi connectivity index (χ2v) is 7.78. The summed E-state index contributed by atoms with van der Waals surface area (Å²) in [6.45, 7) is 6.40. The molecule has 2 aromatic carbocycles. The fourth-order valence-corrected chi connectivity index (χ4v) is 3.39. The van der Waals surface area contributed by atoms with Crippen LogP contribution in [0.5, 0.6) is 5.75 Å². The second-order valence-electron chi connectivity index (χ2n) is 6.47. The third-order valence-electron chi connectivity index (χ3n) is 4.45. The quantitative estimate of drug-likeness (QED) is 0.617. The van der Waals surface area contributed by atoms with Crippen molar-refractivity contribution in [3.8, 4) is 11.4 Å². The molecule has 0 spiro atoms. The number of hydrogen-bond donors (Lipinski definition) is 1. The molecule has 1 aromatic heterocycles. The topological polar surface area (TPSA) is 81.9 Å². The second kappa shape index (κ2) is 8.88. The van der Waals surface area contributed by atoms with Crippen molar-refractivity contribution in [3.63, 3.8) is 0 Å². The van der Waals surface area contributed by atoms with E-state index in [9.17, 15) is 4.79 Å². The summed E-state index contributed by atoms with van der Waals surface area (Å²) in [5.74, 6) is 0.715. The van der Waals surface area contributed by atoms with Gasteiger partial charge in [0.15, 0.2) is 0 Å². The Morgan fingerprint density at radius 3 is 2.61 bits per heavy atom. The summed E-state index contributed by atoms with van der Waals surface area (Å²) in [7, 11) is 1.63. The first-order chi connectivity index (χ1) is 13.5. The van der Waals surface area contributed by atoms with Crippen LogP contribution in [0.3, 0.4) is 0 Å². The normalized spacial score (nSPS) is 11.9. The van der Waals surface area contributed by atoms with Crippen LogP contribution in [0.1, 0.15) is 23.6 Å². The zero-order chi connectivity index (χ0) is 20.1. The average Bonchev–Trinajstić information content (AvgIpc) is 3.16. The molecule has 28 heavy (non-hydrogen) atoms. The molecule has 3 aromatic rings. The Kier molecular flexibility index (Phi) is 6.30. The van der Waals surface area contributed by atoms with Gasteiger partial charge < -0.3 is 10.1 Å². The van der Waals surface area contributed by atoms with Gasteiger partial charge in [0.25, 0.3) is 0 Å². The van der Waals surface area contributed by atoms with Gasteiger partial charge in [-0.25, -0.2) is 0 Å². The minimum absolute atomic E-state index is 0.0737. The van der Waals surface area contributed by atoms with Gasteiger partial charge >= 0.3 is 0 Å². The zero-order valence-corrected chi connectivity index (χ0v) is 17.2. The molecule has 0 fully saturated rings. The number of methoxy groups -OCH3 is 1. The van der Waals surface area contributed by atoms with Gasteiger partial charge in [-0.2, -0.15) is 4.68 Å². The highest BCUT2D eigenvalue weighted by atomic mass is 32.2. The molecule has 0 radical (unpaired) electrons. The Bertz CT molecular complexity index is 955. The number of aryl methyl sites for hydroxylation is 2. The van der Waals surface area contributed by atoms with Crippen LogP contribution < -0.4 is 10.1 Å². The lowest BCUT2D eigenvalue weighted by molar-refractivity contribution is -0.120. The molecule has 1 heterocycles. The third-order valence-corrected chi connectivity index (χ3v) is 5.49. The number of thioether (sulfide) groups is 1. The number of tetrazole rings is 1.